The van der Waals surface area contributed by atoms with Crippen molar-refractivity contribution in [2.24, 2.45) is 0 Å². The van der Waals surface area contributed by atoms with Crippen LogP contribution in [0.25, 0.3) is 0 Å². The maximum Gasteiger partial charge on any atom is 0.412 e. The highest BCUT2D eigenvalue weighted by Gasteiger charge is 2.19. The summed E-state index contributed by atoms with van der Waals surface area (Å²) in [4.78, 5) is 22.8. The van der Waals surface area contributed by atoms with E-state index < -0.39 is 23.6 Å². The summed E-state index contributed by atoms with van der Waals surface area (Å²) in [5.41, 5.74) is -0.0527. The van der Waals surface area contributed by atoms with Gasteiger partial charge in [0.15, 0.2) is 5.82 Å². The number of carboxylic acids is 1. The number of benzene rings is 2. The van der Waals surface area contributed by atoms with Crippen LogP contribution in [0.2, 0.25) is 0 Å². The molecular formula is C15H11BrFNO4. The second kappa shape index (κ2) is 7.04. The molecule has 22 heavy (non-hydrogen) atoms. The lowest BCUT2D eigenvalue weighted by molar-refractivity contribution is 0.0697. The molecule has 7 heteroatoms. The second-order valence-electron chi connectivity index (χ2n) is 4.28. The number of ether oxygens (including phenoxy) is 1. The number of carbonyl (C=O) groups excluding carboxylic acids is 1. The summed E-state index contributed by atoms with van der Waals surface area (Å²) in [7, 11) is 0. The van der Waals surface area contributed by atoms with Crippen LogP contribution in [-0.2, 0) is 11.3 Å². The quantitative estimate of drug-likeness (QED) is 0.854. The molecule has 114 valence electrons. The SMILES string of the molecule is O=C(Nc1c(C(=O)O)ccc(Br)c1F)OCc1ccccc1. The van der Waals surface area contributed by atoms with Gasteiger partial charge >= 0.3 is 12.1 Å². The van der Waals surface area contributed by atoms with E-state index in [1.54, 1.807) is 24.3 Å². The zero-order valence-electron chi connectivity index (χ0n) is 11.2. The van der Waals surface area contributed by atoms with Crippen molar-refractivity contribution in [3.63, 3.8) is 0 Å². The van der Waals surface area contributed by atoms with Crippen LogP contribution in [0.15, 0.2) is 46.9 Å². The molecule has 0 spiro atoms. The van der Waals surface area contributed by atoms with E-state index >= 15 is 0 Å². The van der Waals surface area contributed by atoms with Crippen molar-refractivity contribution in [3.8, 4) is 0 Å². The number of nitrogens with one attached hydrogen (secondary N) is 1. The van der Waals surface area contributed by atoms with Gasteiger partial charge in [0.1, 0.15) is 6.61 Å². The Hall–Kier alpha value is -2.41. The molecule has 0 aromatic heterocycles. The van der Waals surface area contributed by atoms with Crippen molar-refractivity contribution in [2.45, 2.75) is 6.61 Å². The molecule has 0 fully saturated rings. The molecule has 0 saturated carbocycles. The number of hydrogen-bond donors (Lipinski definition) is 2. The van der Waals surface area contributed by atoms with Crippen molar-refractivity contribution in [1.82, 2.24) is 0 Å². The van der Waals surface area contributed by atoms with E-state index in [1.807, 2.05) is 6.07 Å². The first kappa shape index (κ1) is 16.0. The Bertz CT molecular complexity index is 706. The Balaban J connectivity index is 2.11. The lowest BCUT2D eigenvalue weighted by Gasteiger charge is -2.11. The fourth-order valence-electron chi connectivity index (χ4n) is 1.71. The van der Waals surface area contributed by atoms with Gasteiger partial charge in [-0.05, 0) is 33.6 Å². The van der Waals surface area contributed by atoms with Gasteiger partial charge in [0.2, 0.25) is 0 Å². The number of aromatic carboxylic acids is 1. The minimum Gasteiger partial charge on any atom is -0.478 e. The summed E-state index contributed by atoms with van der Waals surface area (Å²) in [6.07, 6.45) is -0.941. The fourth-order valence-corrected chi connectivity index (χ4v) is 2.04. The van der Waals surface area contributed by atoms with Crippen LogP contribution < -0.4 is 5.32 Å². The number of rotatable bonds is 4. The van der Waals surface area contributed by atoms with Crippen LogP contribution in [-0.4, -0.2) is 17.2 Å². The zero-order chi connectivity index (χ0) is 16.1. The molecule has 5 nitrogen and oxygen atoms in total. The molecular weight excluding hydrogens is 357 g/mol. The van der Waals surface area contributed by atoms with Crippen molar-refractivity contribution >= 4 is 33.7 Å². The second-order valence-corrected chi connectivity index (χ2v) is 5.13. The van der Waals surface area contributed by atoms with E-state index in [0.29, 0.717) is 0 Å². The van der Waals surface area contributed by atoms with Crippen LogP contribution in [0.1, 0.15) is 15.9 Å². The van der Waals surface area contributed by atoms with Crippen molar-refractivity contribution in [2.75, 3.05) is 5.32 Å². The number of amides is 1. The average molecular weight is 368 g/mol. The maximum atomic E-state index is 14.0. The maximum absolute atomic E-state index is 14.0. The number of carbonyl (C=O) groups is 2. The highest BCUT2D eigenvalue weighted by Crippen LogP contribution is 2.27. The standard InChI is InChI=1S/C15H11BrFNO4/c16-11-7-6-10(14(19)20)13(12(11)17)18-15(21)22-8-9-4-2-1-3-5-9/h1-7H,8H2,(H,18,21)(H,19,20). The molecule has 0 unspecified atom stereocenters. The minimum atomic E-state index is -1.36. The normalized spacial score (nSPS) is 10.1. The number of carboxylic acid groups (broad SMARTS) is 1. The molecule has 2 aromatic carbocycles. The lowest BCUT2D eigenvalue weighted by Crippen LogP contribution is -2.17. The van der Waals surface area contributed by atoms with Crippen LogP contribution in [0.3, 0.4) is 0 Å². The predicted octanol–water partition coefficient (Wildman–Crippen LogP) is 4.04. The van der Waals surface area contributed by atoms with Gasteiger partial charge in [0.25, 0.3) is 0 Å². The molecule has 0 saturated heterocycles. The number of halogens is 2. The molecule has 0 bridgehead atoms. The van der Waals surface area contributed by atoms with Gasteiger partial charge in [0.05, 0.1) is 15.7 Å². The number of anilines is 1. The Morgan fingerprint density at radius 1 is 1.18 bits per heavy atom. The van der Waals surface area contributed by atoms with Gasteiger partial charge in [-0.15, -0.1) is 0 Å². The lowest BCUT2D eigenvalue weighted by atomic mass is 10.1. The molecule has 1 amide bonds. The van der Waals surface area contributed by atoms with Crippen LogP contribution in [0.5, 0.6) is 0 Å². The van der Waals surface area contributed by atoms with Gasteiger partial charge < -0.3 is 9.84 Å². The molecule has 0 aliphatic rings. The summed E-state index contributed by atoms with van der Waals surface area (Å²) in [5, 5.41) is 11.2. The molecule has 0 aliphatic heterocycles. The molecule has 2 aromatic rings. The summed E-state index contributed by atoms with van der Waals surface area (Å²) in [6.45, 7) is -0.00923. The summed E-state index contributed by atoms with van der Waals surface area (Å²) in [6, 6.07) is 11.3. The Labute approximate surface area is 133 Å². The van der Waals surface area contributed by atoms with Gasteiger partial charge in [0, 0.05) is 0 Å². The van der Waals surface area contributed by atoms with Gasteiger partial charge in [-0.3, -0.25) is 5.32 Å². The van der Waals surface area contributed by atoms with E-state index in [-0.39, 0.29) is 16.6 Å². The molecule has 0 atom stereocenters. The van der Waals surface area contributed by atoms with Crippen LogP contribution in [0, 0.1) is 5.82 Å². The minimum absolute atomic E-state index is 0.00923. The van der Waals surface area contributed by atoms with Gasteiger partial charge in [-0.2, -0.15) is 0 Å². The van der Waals surface area contributed by atoms with E-state index in [1.165, 1.54) is 12.1 Å². The largest absolute Gasteiger partial charge is 0.478 e. The van der Waals surface area contributed by atoms with Crippen molar-refractivity contribution < 1.29 is 23.8 Å². The highest BCUT2D eigenvalue weighted by atomic mass is 79.9. The summed E-state index contributed by atoms with van der Waals surface area (Å²) < 4.78 is 18.9. The van der Waals surface area contributed by atoms with E-state index in [0.717, 1.165) is 5.56 Å². The fraction of sp³-hybridized carbons (Fsp3) is 0.0667. The van der Waals surface area contributed by atoms with Gasteiger partial charge in [-0.1, -0.05) is 30.3 Å². The van der Waals surface area contributed by atoms with E-state index in [2.05, 4.69) is 21.2 Å². The summed E-state index contributed by atoms with van der Waals surface area (Å²) in [5.74, 6) is -2.23. The third-order valence-corrected chi connectivity index (χ3v) is 3.38. The topological polar surface area (TPSA) is 75.6 Å². The van der Waals surface area contributed by atoms with Crippen LogP contribution in [0.4, 0.5) is 14.9 Å². The highest BCUT2D eigenvalue weighted by molar-refractivity contribution is 9.10. The molecule has 2 rings (SSSR count). The molecule has 0 radical (unpaired) electrons. The molecule has 0 aliphatic carbocycles. The third-order valence-electron chi connectivity index (χ3n) is 2.77. The Kier molecular flexibility index (Phi) is 5.11. The monoisotopic (exact) mass is 367 g/mol. The average Bonchev–Trinajstić information content (AvgIpc) is 2.50. The predicted molar refractivity (Wildman–Crippen MR) is 81.3 cm³/mol. The Morgan fingerprint density at radius 3 is 2.50 bits per heavy atom. The number of hydrogen-bond acceptors (Lipinski definition) is 3. The van der Waals surface area contributed by atoms with E-state index in [9.17, 15) is 14.0 Å². The van der Waals surface area contributed by atoms with Crippen LogP contribution >= 0.6 is 15.9 Å². The smallest absolute Gasteiger partial charge is 0.412 e. The Morgan fingerprint density at radius 2 is 1.86 bits per heavy atom. The first-order chi connectivity index (χ1) is 10.5. The third kappa shape index (κ3) is 3.82. The zero-order valence-corrected chi connectivity index (χ0v) is 12.8. The van der Waals surface area contributed by atoms with Crippen molar-refractivity contribution in [1.29, 1.82) is 0 Å². The molecule has 2 N–H and O–H groups in total. The molecule has 0 heterocycles. The van der Waals surface area contributed by atoms with Gasteiger partial charge in [-0.25, -0.2) is 14.0 Å². The summed E-state index contributed by atoms with van der Waals surface area (Å²) >= 11 is 2.93. The first-order valence-corrected chi connectivity index (χ1v) is 6.97. The van der Waals surface area contributed by atoms with Crippen molar-refractivity contribution in [3.05, 3.63) is 63.9 Å². The first-order valence-electron chi connectivity index (χ1n) is 6.18. The van der Waals surface area contributed by atoms with E-state index in [4.69, 9.17) is 9.84 Å².